The number of rotatable bonds is 3. The number of hydrogen-bond donors (Lipinski definition) is 0. The molecule has 1 heterocycles. The average molecular weight is 382 g/mol. The van der Waals surface area contributed by atoms with E-state index in [2.05, 4.69) is 45.0 Å². The van der Waals surface area contributed by atoms with Gasteiger partial charge in [-0.25, -0.2) is 0 Å². The summed E-state index contributed by atoms with van der Waals surface area (Å²) in [7, 11) is 0. The molecule has 0 aromatic heterocycles. The Kier molecular flexibility index (Phi) is 5.35. The molecular weight excluding hydrogens is 358 g/mol. The molecule has 0 N–H and O–H groups in total. The molecule has 0 aliphatic carbocycles. The molecule has 2 nitrogen and oxygen atoms in total. The molecule has 2 aromatic rings. The third-order valence-corrected chi connectivity index (χ3v) is 5.90. The van der Waals surface area contributed by atoms with Crippen LogP contribution in [0.15, 0.2) is 59.5 Å². The van der Waals surface area contributed by atoms with E-state index in [0.29, 0.717) is 9.23 Å². The van der Waals surface area contributed by atoms with Crippen LogP contribution >= 0.6 is 24.0 Å². The van der Waals surface area contributed by atoms with E-state index in [1.807, 2.05) is 43.3 Å². The second kappa shape index (κ2) is 7.37. The van der Waals surface area contributed by atoms with Crippen molar-refractivity contribution in [3.8, 4) is 0 Å². The smallest absolute Gasteiger partial charge is 0.266 e. The van der Waals surface area contributed by atoms with E-state index in [1.165, 1.54) is 17.3 Å². The highest BCUT2D eigenvalue weighted by Crippen LogP contribution is 2.38. The Hall–Kier alpha value is -1.91. The van der Waals surface area contributed by atoms with Crippen molar-refractivity contribution >= 4 is 40.3 Å². The molecule has 1 aliphatic heterocycles. The number of thiocarbonyl (C=S) groups is 1. The van der Waals surface area contributed by atoms with Crippen LogP contribution in [0, 0.1) is 0 Å². The maximum absolute atomic E-state index is 12.9. The van der Waals surface area contributed by atoms with Crippen molar-refractivity contribution < 1.29 is 4.79 Å². The summed E-state index contributed by atoms with van der Waals surface area (Å²) in [6, 6.07) is 18.3. The van der Waals surface area contributed by atoms with Crippen molar-refractivity contribution in [2.24, 2.45) is 0 Å². The van der Waals surface area contributed by atoms with Crippen LogP contribution in [0.4, 0.5) is 0 Å². The minimum absolute atomic E-state index is 0.0174. The van der Waals surface area contributed by atoms with E-state index in [0.717, 1.165) is 11.1 Å². The van der Waals surface area contributed by atoms with Gasteiger partial charge in [-0.1, -0.05) is 99.3 Å². The first kappa shape index (κ1) is 18.9. The number of benzene rings is 2. The van der Waals surface area contributed by atoms with Crippen molar-refractivity contribution in [2.75, 3.05) is 0 Å². The summed E-state index contributed by atoms with van der Waals surface area (Å²) in [5.41, 5.74) is 3.50. The number of hydrogen-bond acceptors (Lipinski definition) is 3. The van der Waals surface area contributed by atoms with Gasteiger partial charge in [0.05, 0.1) is 10.9 Å². The first-order valence-corrected chi connectivity index (χ1v) is 9.92. The van der Waals surface area contributed by atoms with Gasteiger partial charge < -0.3 is 0 Å². The van der Waals surface area contributed by atoms with Gasteiger partial charge in [0.2, 0.25) is 0 Å². The summed E-state index contributed by atoms with van der Waals surface area (Å²) < 4.78 is 0.615. The lowest BCUT2D eigenvalue weighted by Gasteiger charge is -2.23. The number of nitrogens with zero attached hydrogens (tertiary/aromatic N) is 1. The van der Waals surface area contributed by atoms with E-state index < -0.39 is 0 Å². The Balaban J connectivity index is 1.83. The zero-order chi connectivity index (χ0) is 18.9. The third-order valence-electron chi connectivity index (χ3n) is 4.57. The number of thioether (sulfide) groups is 1. The molecule has 134 valence electrons. The van der Waals surface area contributed by atoms with Crippen LogP contribution in [0.1, 0.15) is 50.4 Å². The minimum atomic E-state index is -0.0714. The molecule has 1 saturated heterocycles. The molecule has 2 aromatic carbocycles. The lowest BCUT2D eigenvalue weighted by Crippen LogP contribution is -2.30. The Bertz CT molecular complexity index is 848. The highest BCUT2D eigenvalue weighted by atomic mass is 32.2. The fourth-order valence-electron chi connectivity index (χ4n) is 2.93. The topological polar surface area (TPSA) is 20.3 Å². The van der Waals surface area contributed by atoms with Gasteiger partial charge >= 0.3 is 0 Å². The molecule has 0 radical (unpaired) electrons. The van der Waals surface area contributed by atoms with Crippen LogP contribution in [0.5, 0.6) is 0 Å². The Morgan fingerprint density at radius 2 is 1.65 bits per heavy atom. The quantitative estimate of drug-likeness (QED) is 0.484. The number of carbonyl (C=O) groups excluding carboxylic acids is 1. The van der Waals surface area contributed by atoms with Crippen LogP contribution in [-0.4, -0.2) is 15.1 Å². The van der Waals surface area contributed by atoms with E-state index in [9.17, 15) is 4.79 Å². The molecule has 1 atom stereocenters. The monoisotopic (exact) mass is 381 g/mol. The predicted molar refractivity (Wildman–Crippen MR) is 115 cm³/mol. The molecule has 3 rings (SSSR count). The fourth-order valence-corrected chi connectivity index (χ4v) is 4.34. The molecule has 0 saturated carbocycles. The summed E-state index contributed by atoms with van der Waals surface area (Å²) >= 11 is 6.86. The molecule has 0 spiro atoms. The Morgan fingerprint density at radius 3 is 2.23 bits per heavy atom. The minimum Gasteiger partial charge on any atom is -0.286 e. The molecule has 4 heteroatoms. The first-order chi connectivity index (χ1) is 12.3. The molecule has 1 fully saturated rings. The van der Waals surface area contributed by atoms with E-state index in [-0.39, 0.29) is 17.4 Å². The summed E-state index contributed by atoms with van der Waals surface area (Å²) in [6.07, 6.45) is 1.93. The third kappa shape index (κ3) is 3.92. The number of amides is 1. The van der Waals surface area contributed by atoms with Gasteiger partial charge in [-0.3, -0.25) is 9.69 Å². The van der Waals surface area contributed by atoms with Crippen molar-refractivity contribution in [1.82, 2.24) is 4.90 Å². The van der Waals surface area contributed by atoms with Crippen LogP contribution in [-0.2, 0) is 10.2 Å². The summed E-state index contributed by atoms with van der Waals surface area (Å²) in [5, 5.41) is 0. The normalized spacial score (nSPS) is 17.8. The van der Waals surface area contributed by atoms with Gasteiger partial charge in [0.1, 0.15) is 4.32 Å². The zero-order valence-electron chi connectivity index (χ0n) is 15.5. The summed E-state index contributed by atoms with van der Waals surface area (Å²) in [6.45, 7) is 8.59. The molecule has 1 unspecified atom stereocenters. The fraction of sp³-hybridized carbons (Fsp3) is 0.273. The van der Waals surface area contributed by atoms with Gasteiger partial charge in [0.25, 0.3) is 5.91 Å². The molecular formula is C22H23NOS2. The maximum atomic E-state index is 12.9. The summed E-state index contributed by atoms with van der Waals surface area (Å²) in [5.74, 6) is -0.0174. The summed E-state index contributed by atoms with van der Waals surface area (Å²) in [4.78, 5) is 15.3. The van der Waals surface area contributed by atoms with Crippen molar-refractivity contribution in [3.05, 3.63) is 76.2 Å². The zero-order valence-corrected chi connectivity index (χ0v) is 17.2. The molecule has 1 aliphatic rings. The van der Waals surface area contributed by atoms with Gasteiger partial charge in [0, 0.05) is 0 Å². The molecule has 1 amide bonds. The largest absolute Gasteiger partial charge is 0.286 e. The van der Waals surface area contributed by atoms with Crippen LogP contribution in [0.2, 0.25) is 0 Å². The second-order valence-corrected chi connectivity index (χ2v) is 9.19. The van der Waals surface area contributed by atoms with Gasteiger partial charge in [-0.15, -0.1) is 0 Å². The van der Waals surface area contributed by atoms with Crippen LogP contribution in [0.25, 0.3) is 6.08 Å². The predicted octanol–water partition coefficient (Wildman–Crippen LogP) is 5.95. The lowest BCUT2D eigenvalue weighted by molar-refractivity contribution is -0.123. The van der Waals surface area contributed by atoms with Crippen molar-refractivity contribution in [1.29, 1.82) is 0 Å². The number of carbonyl (C=O) groups is 1. The van der Waals surface area contributed by atoms with Gasteiger partial charge in [-0.05, 0) is 35.1 Å². The SMILES string of the molecule is CC(c1ccccc1)N1C(=O)/C(=C/c2ccc(C(C)(C)C)cc2)SC1=S. The Labute approximate surface area is 165 Å². The standard InChI is InChI=1S/C22H23NOS2/c1-15(17-8-6-5-7-9-17)23-20(24)19(26-21(23)25)14-16-10-12-18(13-11-16)22(2,3)4/h5-15H,1-4H3/b19-14-. The average Bonchev–Trinajstić information content (AvgIpc) is 2.88. The van der Waals surface area contributed by atoms with Crippen LogP contribution < -0.4 is 0 Å². The van der Waals surface area contributed by atoms with Gasteiger partial charge in [-0.2, -0.15) is 0 Å². The van der Waals surface area contributed by atoms with Crippen LogP contribution in [0.3, 0.4) is 0 Å². The lowest BCUT2D eigenvalue weighted by atomic mass is 9.87. The van der Waals surface area contributed by atoms with Crippen molar-refractivity contribution in [2.45, 2.75) is 39.2 Å². The van der Waals surface area contributed by atoms with Gasteiger partial charge in [0.15, 0.2) is 0 Å². The first-order valence-electron chi connectivity index (χ1n) is 8.70. The van der Waals surface area contributed by atoms with Crippen molar-refractivity contribution in [3.63, 3.8) is 0 Å². The molecule has 0 bridgehead atoms. The highest BCUT2D eigenvalue weighted by molar-refractivity contribution is 8.26. The van der Waals surface area contributed by atoms with E-state index in [1.54, 1.807) is 4.90 Å². The highest BCUT2D eigenvalue weighted by Gasteiger charge is 2.35. The second-order valence-electron chi connectivity index (χ2n) is 7.51. The Morgan fingerprint density at radius 1 is 1.04 bits per heavy atom. The maximum Gasteiger partial charge on any atom is 0.266 e. The van der Waals surface area contributed by atoms with E-state index in [4.69, 9.17) is 12.2 Å². The molecule has 26 heavy (non-hydrogen) atoms. The van der Waals surface area contributed by atoms with E-state index >= 15 is 0 Å².